The first-order valence-electron chi connectivity index (χ1n) is 6.93. The number of nitrogens with zero attached hydrogens (tertiary/aromatic N) is 4. The first kappa shape index (κ1) is 19.7. The number of rotatable bonds is 4. The Labute approximate surface area is 156 Å². The zero-order chi connectivity index (χ0) is 19.3. The van der Waals surface area contributed by atoms with Crippen molar-refractivity contribution in [2.75, 3.05) is 0 Å². The highest BCUT2D eigenvalue weighted by molar-refractivity contribution is 6.31. The van der Waals surface area contributed by atoms with E-state index in [-0.39, 0.29) is 22.8 Å². The van der Waals surface area contributed by atoms with Crippen molar-refractivity contribution in [3.8, 4) is 6.19 Å². The van der Waals surface area contributed by atoms with Crippen molar-refractivity contribution in [2.24, 2.45) is 4.99 Å². The fraction of sp³-hybridized carbons (Fsp3) is 0.125. The lowest BCUT2D eigenvalue weighted by Gasteiger charge is -2.18. The van der Waals surface area contributed by atoms with E-state index >= 15 is 0 Å². The number of benzene rings is 1. The second-order valence-electron chi connectivity index (χ2n) is 4.93. The van der Waals surface area contributed by atoms with Crippen molar-refractivity contribution < 1.29 is 18.0 Å². The summed E-state index contributed by atoms with van der Waals surface area (Å²) >= 11 is 11.6. The summed E-state index contributed by atoms with van der Waals surface area (Å²) in [4.78, 5) is 20.5. The van der Waals surface area contributed by atoms with Crippen LogP contribution in [-0.4, -0.2) is 22.1 Å². The average Bonchev–Trinajstić information content (AvgIpc) is 2.59. The number of hydrogen-bond donors (Lipinski definition) is 0. The number of hydrogen-bond acceptors (Lipinski definition) is 4. The number of halogens is 5. The minimum absolute atomic E-state index is 0.0198. The molecular weight excluding hydrogens is 392 g/mol. The first-order valence-corrected chi connectivity index (χ1v) is 7.68. The maximum Gasteiger partial charge on any atom is 0.417 e. The van der Waals surface area contributed by atoms with Crippen molar-refractivity contribution in [2.45, 2.75) is 12.7 Å². The highest BCUT2D eigenvalue weighted by Gasteiger charge is 2.31. The van der Waals surface area contributed by atoms with Gasteiger partial charge in [-0.1, -0.05) is 23.2 Å². The normalized spacial score (nSPS) is 11.4. The highest BCUT2D eigenvalue weighted by Crippen LogP contribution is 2.31. The molecule has 0 fully saturated rings. The summed E-state index contributed by atoms with van der Waals surface area (Å²) in [7, 11) is 0. The number of aromatic nitrogens is 1. The predicted octanol–water partition coefficient (Wildman–Crippen LogP) is 4.56. The topological polar surface area (TPSA) is 69.3 Å². The number of carbonyl (C=O) groups is 1. The minimum Gasteiger partial charge on any atom is -0.292 e. The fourth-order valence-corrected chi connectivity index (χ4v) is 2.27. The molecule has 134 valence electrons. The Hall–Kier alpha value is -2.63. The Morgan fingerprint density at radius 2 is 1.96 bits per heavy atom. The van der Waals surface area contributed by atoms with Crippen LogP contribution in [0.15, 0.2) is 41.5 Å². The van der Waals surface area contributed by atoms with Gasteiger partial charge >= 0.3 is 6.18 Å². The molecule has 0 aliphatic carbocycles. The maximum absolute atomic E-state index is 12.7. The second-order valence-corrected chi connectivity index (χ2v) is 5.78. The fourth-order valence-electron chi connectivity index (χ4n) is 1.92. The van der Waals surface area contributed by atoms with E-state index in [9.17, 15) is 18.0 Å². The first-order chi connectivity index (χ1) is 12.2. The molecule has 0 spiro atoms. The van der Waals surface area contributed by atoms with Crippen LogP contribution in [0.1, 0.15) is 21.6 Å². The number of pyridine rings is 1. The lowest BCUT2D eigenvalue weighted by atomic mass is 10.2. The number of aliphatic imine (C=N–C) groups is 1. The molecule has 0 radical (unpaired) electrons. The van der Waals surface area contributed by atoms with Gasteiger partial charge in [-0.25, -0.2) is 0 Å². The largest absolute Gasteiger partial charge is 0.417 e. The summed E-state index contributed by atoms with van der Waals surface area (Å²) in [6.45, 7) is -0.274. The molecule has 2 aromatic rings. The molecule has 0 aliphatic rings. The van der Waals surface area contributed by atoms with Gasteiger partial charge in [-0.3, -0.25) is 14.7 Å². The Morgan fingerprint density at radius 3 is 2.50 bits per heavy atom. The van der Waals surface area contributed by atoms with Crippen molar-refractivity contribution >= 4 is 35.4 Å². The van der Waals surface area contributed by atoms with Crippen LogP contribution in [-0.2, 0) is 12.7 Å². The second kappa shape index (κ2) is 8.17. The van der Waals surface area contributed by atoms with Crippen molar-refractivity contribution in [1.29, 1.82) is 5.26 Å². The number of amides is 1. The van der Waals surface area contributed by atoms with Gasteiger partial charge in [0.1, 0.15) is 6.34 Å². The molecule has 1 aromatic heterocycles. The Morgan fingerprint density at radius 1 is 1.31 bits per heavy atom. The van der Waals surface area contributed by atoms with Crippen LogP contribution in [0.5, 0.6) is 0 Å². The van der Waals surface area contributed by atoms with E-state index < -0.39 is 17.6 Å². The summed E-state index contributed by atoms with van der Waals surface area (Å²) < 4.78 is 38.0. The SMILES string of the molecule is N#C/N=C/N(Cc1ncc(C(F)(F)F)cc1Cl)C(=O)c1ccc(Cl)cc1. The summed E-state index contributed by atoms with van der Waals surface area (Å²) in [6, 6.07) is 6.63. The zero-order valence-corrected chi connectivity index (χ0v) is 14.3. The Balaban J connectivity index is 2.31. The number of alkyl halides is 3. The van der Waals surface area contributed by atoms with Crippen LogP contribution in [0.4, 0.5) is 13.2 Å². The third kappa shape index (κ3) is 4.94. The molecule has 5 nitrogen and oxygen atoms in total. The van der Waals surface area contributed by atoms with Crippen LogP contribution in [0.3, 0.4) is 0 Å². The summed E-state index contributed by atoms with van der Waals surface area (Å²) in [6.07, 6.45) is -1.52. The Bertz CT molecular complexity index is 877. The van der Waals surface area contributed by atoms with Crippen LogP contribution in [0.25, 0.3) is 0 Å². The zero-order valence-electron chi connectivity index (χ0n) is 12.8. The average molecular weight is 401 g/mol. The maximum atomic E-state index is 12.7. The number of nitriles is 1. The minimum atomic E-state index is -4.59. The third-order valence-electron chi connectivity index (χ3n) is 3.17. The predicted molar refractivity (Wildman–Crippen MR) is 89.7 cm³/mol. The molecule has 10 heteroatoms. The van der Waals surface area contributed by atoms with E-state index in [0.29, 0.717) is 11.2 Å². The van der Waals surface area contributed by atoms with E-state index in [2.05, 4.69) is 9.98 Å². The summed E-state index contributed by atoms with van der Waals surface area (Å²) in [5.41, 5.74) is -0.749. The molecule has 2 rings (SSSR count). The van der Waals surface area contributed by atoms with Crippen LogP contribution < -0.4 is 0 Å². The molecule has 0 aliphatic heterocycles. The summed E-state index contributed by atoms with van der Waals surface area (Å²) in [5, 5.41) is 8.74. The van der Waals surface area contributed by atoms with Crippen molar-refractivity contribution in [3.05, 3.63) is 63.4 Å². The Kier molecular flexibility index (Phi) is 6.18. The molecule has 0 saturated heterocycles. The standard InChI is InChI=1S/C16H9Cl2F3N4O/c17-12-3-1-10(2-4-12)15(26)25(9-23-8-22)7-14-13(18)5-11(6-24-14)16(19,20)21/h1-6,9H,7H2/b23-9+. The van der Waals surface area contributed by atoms with E-state index in [1.165, 1.54) is 30.5 Å². The van der Waals surface area contributed by atoms with Gasteiger partial charge in [0.15, 0.2) is 0 Å². The smallest absolute Gasteiger partial charge is 0.292 e. The molecule has 0 unspecified atom stereocenters. The van der Waals surface area contributed by atoms with E-state index in [1.54, 1.807) is 0 Å². The highest BCUT2D eigenvalue weighted by atomic mass is 35.5. The lowest BCUT2D eigenvalue weighted by molar-refractivity contribution is -0.137. The van der Waals surface area contributed by atoms with E-state index in [1.807, 2.05) is 0 Å². The van der Waals surface area contributed by atoms with Gasteiger partial charge in [0, 0.05) is 16.8 Å². The van der Waals surface area contributed by atoms with Crippen molar-refractivity contribution in [3.63, 3.8) is 0 Å². The molecule has 26 heavy (non-hydrogen) atoms. The van der Waals surface area contributed by atoms with Crippen molar-refractivity contribution in [1.82, 2.24) is 9.88 Å². The van der Waals surface area contributed by atoms with Gasteiger partial charge in [-0.15, -0.1) is 0 Å². The quantitative estimate of drug-likeness (QED) is 0.429. The molecular formula is C16H9Cl2F3N4O. The van der Waals surface area contributed by atoms with E-state index in [4.69, 9.17) is 28.5 Å². The van der Waals surface area contributed by atoms with E-state index in [0.717, 1.165) is 17.3 Å². The van der Waals surface area contributed by atoms with Gasteiger partial charge < -0.3 is 0 Å². The molecule has 0 atom stereocenters. The lowest BCUT2D eigenvalue weighted by Crippen LogP contribution is -2.29. The van der Waals surface area contributed by atoms with Crippen LogP contribution in [0.2, 0.25) is 10.0 Å². The summed E-state index contributed by atoms with van der Waals surface area (Å²) in [5.74, 6) is -0.557. The van der Waals surface area contributed by atoms with Gasteiger partial charge in [0.25, 0.3) is 5.91 Å². The molecule has 0 saturated carbocycles. The van der Waals surface area contributed by atoms with Crippen LogP contribution in [0, 0.1) is 11.5 Å². The molecule has 1 heterocycles. The number of carbonyl (C=O) groups excluding carboxylic acids is 1. The third-order valence-corrected chi connectivity index (χ3v) is 3.75. The molecule has 0 N–H and O–H groups in total. The molecule has 0 bridgehead atoms. The van der Waals surface area contributed by atoms with Gasteiger partial charge in [-0.2, -0.15) is 23.4 Å². The van der Waals surface area contributed by atoms with Gasteiger partial charge in [0.2, 0.25) is 6.19 Å². The van der Waals surface area contributed by atoms with Crippen LogP contribution >= 0.6 is 23.2 Å². The molecule has 1 aromatic carbocycles. The monoisotopic (exact) mass is 400 g/mol. The van der Waals surface area contributed by atoms with Gasteiger partial charge in [-0.05, 0) is 30.3 Å². The molecule has 1 amide bonds. The van der Waals surface area contributed by atoms with Gasteiger partial charge in [0.05, 0.1) is 22.8 Å².